The van der Waals surface area contributed by atoms with E-state index in [0.29, 0.717) is 31.1 Å². The van der Waals surface area contributed by atoms with Gasteiger partial charge in [-0.15, -0.1) is 0 Å². The summed E-state index contributed by atoms with van der Waals surface area (Å²) in [6, 6.07) is 9.42. The monoisotopic (exact) mass is 351 g/mol. The Hall–Kier alpha value is -2.73. The Morgan fingerprint density at radius 1 is 1.15 bits per heavy atom. The minimum absolute atomic E-state index is 0.00144. The number of benzene rings is 1. The van der Waals surface area contributed by atoms with Gasteiger partial charge in [-0.1, -0.05) is 0 Å². The van der Waals surface area contributed by atoms with Crippen molar-refractivity contribution < 1.29 is 13.9 Å². The van der Waals surface area contributed by atoms with Crippen LogP contribution in [0.2, 0.25) is 0 Å². The molecule has 0 spiro atoms. The largest absolute Gasteiger partial charge is 0.461 e. The maximum absolute atomic E-state index is 13.0. The molecule has 6 heteroatoms. The smallest absolute Gasteiger partial charge is 0.254 e. The number of fused-ring (bicyclic) bond motifs is 1. The zero-order valence-electron chi connectivity index (χ0n) is 15.2. The second kappa shape index (κ2) is 6.53. The van der Waals surface area contributed by atoms with Gasteiger partial charge >= 0.3 is 0 Å². The Kier molecular flexibility index (Phi) is 4.20. The van der Waals surface area contributed by atoms with Crippen LogP contribution >= 0.6 is 0 Å². The highest BCUT2D eigenvalue weighted by Gasteiger charge is 2.27. The third-order valence-electron chi connectivity index (χ3n) is 4.56. The number of morpholine rings is 1. The first-order chi connectivity index (χ1) is 12.5. The molecule has 0 N–H and O–H groups in total. The summed E-state index contributed by atoms with van der Waals surface area (Å²) in [6.07, 6.45) is -0.229. The highest BCUT2D eigenvalue weighted by molar-refractivity contribution is 5.97. The lowest BCUT2D eigenvalue weighted by molar-refractivity contribution is -0.0248. The van der Waals surface area contributed by atoms with Crippen LogP contribution in [0.15, 0.2) is 34.7 Å². The second-order valence-corrected chi connectivity index (χ2v) is 6.70. The normalized spacial score (nSPS) is 17.7. The Labute approximate surface area is 151 Å². The number of rotatable bonds is 2. The Morgan fingerprint density at radius 3 is 2.81 bits per heavy atom. The number of furan rings is 1. The van der Waals surface area contributed by atoms with Crippen LogP contribution in [0.4, 0.5) is 0 Å². The number of nitrogens with zero attached hydrogens (tertiary/aromatic N) is 3. The van der Waals surface area contributed by atoms with E-state index in [9.17, 15) is 4.79 Å². The maximum atomic E-state index is 13.0. The summed E-state index contributed by atoms with van der Waals surface area (Å²) in [5.41, 5.74) is 3.19. The number of hydrogen-bond acceptors (Lipinski definition) is 5. The lowest BCUT2D eigenvalue weighted by Gasteiger charge is -2.33. The highest BCUT2D eigenvalue weighted by Crippen LogP contribution is 2.25. The number of aromatic nitrogens is 2. The van der Waals surface area contributed by atoms with Crippen LogP contribution in [-0.4, -0.2) is 40.5 Å². The molecule has 6 nitrogen and oxygen atoms in total. The maximum Gasteiger partial charge on any atom is 0.254 e. The van der Waals surface area contributed by atoms with E-state index in [1.54, 1.807) is 0 Å². The van der Waals surface area contributed by atoms with Crippen molar-refractivity contribution in [3.8, 4) is 0 Å². The first kappa shape index (κ1) is 16.7. The molecule has 0 aliphatic carbocycles. The van der Waals surface area contributed by atoms with Gasteiger partial charge in [0.1, 0.15) is 23.3 Å². The van der Waals surface area contributed by atoms with E-state index in [1.807, 2.05) is 56.0 Å². The van der Waals surface area contributed by atoms with Crippen LogP contribution in [0.1, 0.15) is 39.4 Å². The van der Waals surface area contributed by atoms with Crippen molar-refractivity contribution in [2.45, 2.75) is 26.9 Å². The molecule has 1 unspecified atom stereocenters. The average molecular weight is 351 g/mol. The van der Waals surface area contributed by atoms with Gasteiger partial charge in [0.2, 0.25) is 0 Å². The van der Waals surface area contributed by atoms with E-state index >= 15 is 0 Å². The summed E-state index contributed by atoms with van der Waals surface area (Å²) in [5.74, 6) is 1.56. The molecule has 0 radical (unpaired) electrons. The first-order valence-electron chi connectivity index (χ1n) is 8.73. The number of carbonyl (C=O) groups is 1. The van der Waals surface area contributed by atoms with Crippen molar-refractivity contribution in [2.24, 2.45) is 0 Å². The fourth-order valence-electron chi connectivity index (χ4n) is 3.41. The molecular formula is C20H21N3O3. The van der Waals surface area contributed by atoms with Crippen molar-refractivity contribution in [2.75, 3.05) is 19.7 Å². The van der Waals surface area contributed by atoms with Gasteiger partial charge in [0.15, 0.2) is 0 Å². The molecule has 4 rings (SSSR count). The first-order valence-corrected chi connectivity index (χ1v) is 8.73. The van der Waals surface area contributed by atoms with E-state index in [-0.39, 0.29) is 12.0 Å². The van der Waals surface area contributed by atoms with Crippen LogP contribution in [-0.2, 0) is 4.74 Å². The lowest BCUT2D eigenvalue weighted by atomic mass is 10.1. The minimum atomic E-state index is -0.229. The summed E-state index contributed by atoms with van der Waals surface area (Å²) in [4.78, 5) is 23.6. The molecule has 1 aliphatic rings. The van der Waals surface area contributed by atoms with E-state index < -0.39 is 0 Å². The van der Waals surface area contributed by atoms with Crippen molar-refractivity contribution >= 4 is 16.9 Å². The van der Waals surface area contributed by atoms with E-state index in [4.69, 9.17) is 9.15 Å². The number of carbonyl (C=O) groups excluding carboxylic acids is 1. The Balaban J connectivity index is 1.57. The molecule has 134 valence electrons. The minimum Gasteiger partial charge on any atom is -0.461 e. The van der Waals surface area contributed by atoms with Crippen LogP contribution in [0.25, 0.3) is 11.0 Å². The molecule has 1 fully saturated rings. The topological polar surface area (TPSA) is 68.5 Å². The summed E-state index contributed by atoms with van der Waals surface area (Å²) in [5, 5.41) is 0.945. The van der Waals surface area contributed by atoms with Gasteiger partial charge in [-0.3, -0.25) is 4.79 Å². The van der Waals surface area contributed by atoms with E-state index in [0.717, 1.165) is 28.1 Å². The predicted molar refractivity (Wildman–Crippen MR) is 97.1 cm³/mol. The lowest BCUT2D eigenvalue weighted by Crippen LogP contribution is -2.42. The van der Waals surface area contributed by atoms with Crippen LogP contribution in [0.3, 0.4) is 0 Å². The summed E-state index contributed by atoms with van der Waals surface area (Å²) < 4.78 is 11.5. The Bertz CT molecular complexity index is 959. The number of hydrogen-bond donors (Lipinski definition) is 0. The summed E-state index contributed by atoms with van der Waals surface area (Å²) in [7, 11) is 0. The Morgan fingerprint density at radius 2 is 2.00 bits per heavy atom. The van der Waals surface area contributed by atoms with Gasteiger partial charge < -0.3 is 14.1 Å². The predicted octanol–water partition coefficient (Wildman–Crippen LogP) is 3.36. The third kappa shape index (κ3) is 3.20. The molecule has 0 saturated carbocycles. The van der Waals surface area contributed by atoms with E-state index in [2.05, 4.69) is 9.97 Å². The molecule has 1 saturated heterocycles. The summed E-state index contributed by atoms with van der Waals surface area (Å²) in [6.45, 7) is 7.25. The summed E-state index contributed by atoms with van der Waals surface area (Å²) >= 11 is 0. The molecule has 3 aromatic rings. The fourth-order valence-corrected chi connectivity index (χ4v) is 3.41. The molecule has 0 bridgehead atoms. The molecule has 2 aromatic heterocycles. The number of ether oxygens (including phenoxy) is 1. The van der Waals surface area contributed by atoms with Crippen LogP contribution in [0.5, 0.6) is 0 Å². The fraction of sp³-hybridized carbons (Fsp3) is 0.350. The van der Waals surface area contributed by atoms with Crippen molar-refractivity contribution in [1.29, 1.82) is 0 Å². The van der Waals surface area contributed by atoms with E-state index in [1.165, 1.54) is 0 Å². The van der Waals surface area contributed by atoms with Crippen LogP contribution < -0.4 is 0 Å². The highest BCUT2D eigenvalue weighted by atomic mass is 16.5. The average Bonchev–Trinajstić information content (AvgIpc) is 2.99. The van der Waals surface area contributed by atoms with Crippen molar-refractivity contribution in [3.05, 3.63) is 58.9 Å². The van der Waals surface area contributed by atoms with Gasteiger partial charge in [-0.05, 0) is 51.1 Å². The van der Waals surface area contributed by atoms with Gasteiger partial charge in [0.05, 0.1) is 18.8 Å². The zero-order valence-corrected chi connectivity index (χ0v) is 15.2. The van der Waals surface area contributed by atoms with Gasteiger partial charge in [-0.25, -0.2) is 9.97 Å². The number of aryl methyl sites for hydroxylation is 3. The quantitative estimate of drug-likeness (QED) is 0.708. The van der Waals surface area contributed by atoms with Gasteiger partial charge in [0, 0.05) is 23.2 Å². The second-order valence-electron chi connectivity index (χ2n) is 6.70. The molecule has 1 aliphatic heterocycles. The number of amides is 1. The molecule has 1 amide bonds. The van der Waals surface area contributed by atoms with Crippen molar-refractivity contribution in [3.63, 3.8) is 0 Å². The van der Waals surface area contributed by atoms with Crippen LogP contribution in [0, 0.1) is 20.8 Å². The third-order valence-corrected chi connectivity index (χ3v) is 4.56. The van der Waals surface area contributed by atoms with Crippen molar-refractivity contribution in [1.82, 2.24) is 14.9 Å². The molecule has 1 aromatic carbocycles. The SMILES string of the molecule is Cc1cc(C2CN(C(=O)c3ccc4oc(C)cc4c3)CCO2)nc(C)n1. The van der Waals surface area contributed by atoms with Gasteiger partial charge in [0.25, 0.3) is 5.91 Å². The molecule has 3 heterocycles. The molecular weight excluding hydrogens is 330 g/mol. The molecule has 26 heavy (non-hydrogen) atoms. The zero-order chi connectivity index (χ0) is 18.3. The van der Waals surface area contributed by atoms with Gasteiger partial charge in [-0.2, -0.15) is 0 Å². The molecule has 1 atom stereocenters. The standard InChI is InChI=1S/C20H21N3O3/c1-12-8-17(22-14(3)21-12)19-11-23(6-7-25-19)20(24)15-4-5-18-16(10-15)9-13(2)26-18/h4-5,8-10,19H,6-7,11H2,1-3H3.